The fourth-order valence-corrected chi connectivity index (χ4v) is 2.90. The molecule has 27 heavy (non-hydrogen) atoms. The maximum absolute atomic E-state index is 13.1. The molecule has 0 saturated heterocycles. The smallest absolute Gasteiger partial charge is 0.162 e. The maximum Gasteiger partial charge on any atom is 0.162 e. The van der Waals surface area contributed by atoms with E-state index in [4.69, 9.17) is 32.9 Å². The minimum atomic E-state index is -0.422. The molecule has 0 aliphatic rings. The van der Waals surface area contributed by atoms with Crippen LogP contribution in [0.4, 0.5) is 4.39 Å². The van der Waals surface area contributed by atoms with Crippen LogP contribution in [0.3, 0.4) is 0 Å². The molecule has 1 atom stereocenters. The van der Waals surface area contributed by atoms with Gasteiger partial charge >= 0.3 is 0 Å². The van der Waals surface area contributed by atoms with Crippen LogP contribution in [0.25, 0.3) is 0 Å². The fraction of sp³-hybridized carbons (Fsp3) is 0.286. The minimum absolute atomic E-state index is 0.188. The molecule has 0 amide bonds. The van der Waals surface area contributed by atoms with Crippen LogP contribution < -0.4 is 14.8 Å². The molecule has 2 rings (SSSR count). The predicted octanol–water partition coefficient (Wildman–Crippen LogP) is 3.69. The highest BCUT2D eigenvalue weighted by Gasteiger charge is 2.16. The number of methoxy groups -OCH3 is 2. The summed E-state index contributed by atoms with van der Waals surface area (Å²) in [7, 11) is 3.16. The van der Waals surface area contributed by atoms with E-state index in [1.807, 2.05) is 18.2 Å². The summed E-state index contributed by atoms with van der Waals surface area (Å²) in [5.74, 6) is 3.37. The van der Waals surface area contributed by atoms with Crippen molar-refractivity contribution in [2.45, 2.75) is 12.5 Å². The van der Waals surface area contributed by atoms with E-state index in [2.05, 4.69) is 11.2 Å². The van der Waals surface area contributed by atoms with E-state index in [0.29, 0.717) is 23.0 Å². The van der Waals surface area contributed by atoms with Gasteiger partial charge in [-0.05, 0) is 41.8 Å². The molecule has 0 radical (unpaired) electrons. The summed E-state index contributed by atoms with van der Waals surface area (Å²) in [5, 5.41) is 3.20. The molecule has 0 aliphatic carbocycles. The Hall–Kier alpha value is -2.62. The largest absolute Gasteiger partial charge is 0.493 e. The molecular weight excluding hydrogens is 365 g/mol. The van der Waals surface area contributed by atoms with Gasteiger partial charge in [0.1, 0.15) is 23.5 Å². The number of benzene rings is 2. The molecule has 1 unspecified atom stereocenters. The van der Waals surface area contributed by atoms with Crippen LogP contribution in [0.2, 0.25) is 0 Å². The molecule has 0 aliphatic heterocycles. The van der Waals surface area contributed by atoms with Crippen molar-refractivity contribution in [2.24, 2.45) is 0 Å². The van der Waals surface area contributed by atoms with E-state index in [-0.39, 0.29) is 12.4 Å². The third-order valence-electron chi connectivity index (χ3n) is 3.90. The number of hydrogen-bond donors (Lipinski definition) is 1. The zero-order valence-electron chi connectivity index (χ0n) is 15.3. The van der Waals surface area contributed by atoms with Crippen molar-refractivity contribution in [3.8, 4) is 23.8 Å². The van der Waals surface area contributed by atoms with Gasteiger partial charge in [0.05, 0.1) is 7.11 Å². The average molecular weight is 387 g/mol. The van der Waals surface area contributed by atoms with Crippen molar-refractivity contribution >= 4 is 17.2 Å². The van der Waals surface area contributed by atoms with Gasteiger partial charge in [-0.25, -0.2) is 4.39 Å². The van der Waals surface area contributed by atoms with Crippen molar-refractivity contribution in [3.05, 3.63) is 59.4 Å². The van der Waals surface area contributed by atoms with E-state index >= 15 is 0 Å². The standard InChI is InChI=1S/C21H22FNO3S/c1-4-13-26-18-10-5-15(14-19(18)24-2)11-12-23-21(27)20(25-3)16-6-8-17(22)9-7-16/h1,5-10,14,20H,11-13H2,2-3H3,(H,23,27). The molecule has 0 bridgehead atoms. The van der Waals surface area contributed by atoms with Crippen molar-refractivity contribution < 1.29 is 18.6 Å². The Balaban J connectivity index is 1.93. The van der Waals surface area contributed by atoms with Gasteiger partial charge in [-0.1, -0.05) is 36.3 Å². The molecule has 0 spiro atoms. The summed E-state index contributed by atoms with van der Waals surface area (Å²) in [5.41, 5.74) is 1.86. The summed E-state index contributed by atoms with van der Waals surface area (Å²) in [6.07, 6.45) is 5.52. The zero-order valence-corrected chi connectivity index (χ0v) is 16.1. The normalized spacial score (nSPS) is 11.3. The lowest BCUT2D eigenvalue weighted by Gasteiger charge is -2.18. The topological polar surface area (TPSA) is 39.7 Å². The quantitative estimate of drug-likeness (QED) is 0.525. The molecule has 2 aromatic rings. The molecular formula is C21H22FNO3S. The summed E-state index contributed by atoms with van der Waals surface area (Å²) >= 11 is 5.43. The van der Waals surface area contributed by atoms with Crippen LogP contribution in [0.1, 0.15) is 17.2 Å². The molecule has 0 heterocycles. The first-order valence-corrected chi connectivity index (χ1v) is 8.79. The van der Waals surface area contributed by atoms with E-state index in [1.165, 1.54) is 12.1 Å². The van der Waals surface area contributed by atoms with E-state index in [1.54, 1.807) is 26.4 Å². The van der Waals surface area contributed by atoms with Crippen LogP contribution in [0.15, 0.2) is 42.5 Å². The summed E-state index contributed by atoms with van der Waals surface area (Å²) < 4.78 is 29.3. The third-order valence-corrected chi connectivity index (χ3v) is 4.26. The predicted molar refractivity (Wildman–Crippen MR) is 108 cm³/mol. The second-order valence-electron chi connectivity index (χ2n) is 5.69. The summed E-state index contributed by atoms with van der Waals surface area (Å²) in [6, 6.07) is 11.8. The highest BCUT2D eigenvalue weighted by atomic mass is 32.1. The lowest BCUT2D eigenvalue weighted by molar-refractivity contribution is 0.157. The number of halogens is 1. The molecule has 4 nitrogen and oxygen atoms in total. The summed E-state index contributed by atoms with van der Waals surface area (Å²) in [4.78, 5) is 0.546. The first kappa shape index (κ1) is 20.7. The lowest BCUT2D eigenvalue weighted by Crippen LogP contribution is -2.30. The zero-order chi connectivity index (χ0) is 19.6. The second-order valence-corrected chi connectivity index (χ2v) is 6.13. The van der Waals surface area contributed by atoms with Crippen LogP contribution >= 0.6 is 12.2 Å². The van der Waals surface area contributed by atoms with Gasteiger partial charge in [-0.15, -0.1) is 6.42 Å². The Kier molecular flexibility index (Phi) is 8.05. The van der Waals surface area contributed by atoms with E-state index in [0.717, 1.165) is 17.5 Å². The fourth-order valence-electron chi connectivity index (χ4n) is 2.56. The van der Waals surface area contributed by atoms with Gasteiger partial charge < -0.3 is 19.5 Å². The van der Waals surface area contributed by atoms with Crippen LogP contribution in [-0.2, 0) is 11.2 Å². The summed E-state index contributed by atoms with van der Waals surface area (Å²) in [6.45, 7) is 0.806. The van der Waals surface area contributed by atoms with Gasteiger partial charge in [0, 0.05) is 13.7 Å². The molecule has 2 aromatic carbocycles. The molecule has 0 fully saturated rings. The Labute approximate surface area is 164 Å². The van der Waals surface area contributed by atoms with Crippen LogP contribution in [-0.4, -0.2) is 32.4 Å². The number of ether oxygens (including phenoxy) is 3. The van der Waals surface area contributed by atoms with Gasteiger partial charge in [0.15, 0.2) is 11.5 Å². The van der Waals surface area contributed by atoms with E-state index < -0.39 is 6.10 Å². The highest BCUT2D eigenvalue weighted by molar-refractivity contribution is 7.80. The van der Waals surface area contributed by atoms with Gasteiger partial charge in [-0.2, -0.15) is 0 Å². The number of rotatable bonds is 9. The molecule has 0 aromatic heterocycles. The number of nitrogens with one attached hydrogen (secondary N) is 1. The Morgan fingerprint density at radius 2 is 1.93 bits per heavy atom. The van der Waals surface area contributed by atoms with Crippen molar-refractivity contribution in [3.63, 3.8) is 0 Å². The molecule has 0 saturated carbocycles. The third kappa shape index (κ3) is 5.95. The van der Waals surface area contributed by atoms with Gasteiger partial charge in [0.2, 0.25) is 0 Å². The second kappa shape index (κ2) is 10.5. The monoisotopic (exact) mass is 387 g/mol. The van der Waals surface area contributed by atoms with Crippen molar-refractivity contribution in [1.29, 1.82) is 0 Å². The van der Waals surface area contributed by atoms with E-state index in [9.17, 15) is 4.39 Å². The van der Waals surface area contributed by atoms with Gasteiger partial charge in [-0.3, -0.25) is 0 Å². The van der Waals surface area contributed by atoms with Crippen LogP contribution in [0, 0.1) is 18.2 Å². The first-order chi connectivity index (χ1) is 13.1. The van der Waals surface area contributed by atoms with Crippen LogP contribution in [0.5, 0.6) is 11.5 Å². The number of hydrogen-bond acceptors (Lipinski definition) is 4. The highest BCUT2D eigenvalue weighted by Crippen LogP contribution is 2.28. The Bertz CT molecular complexity index is 802. The van der Waals surface area contributed by atoms with Crippen molar-refractivity contribution in [2.75, 3.05) is 27.4 Å². The average Bonchev–Trinajstić information content (AvgIpc) is 2.68. The van der Waals surface area contributed by atoms with Gasteiger partial charge in [0.25, 0.3) is 0 Å². The SMILES string of the molecule is C#CCOc1ccc(CCNC(=S)C(OC)c2ccc(F)cc2)cc1OC. The molecule has 142 valence electrons. The molecule has 1 N–H and O–H groups in total. The minimum Gasteiger partial charge on any atom is -0.493 e. The number of thiocarbonyl (C=S) groups is 1. The molecule has 6 heteroatoms. The van der Waals surface area contributed by atoms with Crippen molar-refractivity contribution in [1.82, 2.24) is 5.32 Å². The number of terminal acetylenes is 1. The Morgan fingerprint density at radius 3 is 2.56 bits per heavy atom. The Morgan fingerprint density at radius 1 is 1.19 bits per heavy atom. The first-order valence-electron chi connectivity index (χ1n) is 8.38. The maximum atomic E-state index is 13.1. The lowest BCUT2D eigenvalue weighted by atomic mass is 10.1.